The topological polar surface area (TPSA) is 74.9 Å². The Bertz CT molecular complexity index is 1110. The van der Waals surface area contributed by atoms with Gasteiger partial charge in [-0.2, -0.15) is 0 Å². The van der Waals surface area contributed by atoms with Gasteiger partial charge in [0.1, 0.15) is 5.82 Å². The summed E-state index contributed by atoms with van der Waals surface area (Å²) in [5.41, 5.74) is 2.08. The molecule has 0 aliphatic heterocycles. The Hall–Kier alpha value is -2.74. The molecule has 0 saturated heterocycles. The van der Waals surface area contributed by atoms with E-state index in [0.29, 0.717) is 30.2 Å². The van der Waals surface area contributed by atoms with E-state index in [-0.39, 0.29) is 17.3 Å². The molecule has 1 fully saturated rings. The number of carboxylic acid groups (broad SMARTS) is 1. The molecule has 1 aliphatic carbocycles. The third-order valence-electron chi connectivity index (χ3n) is 5.17. The molecule has 1 aromatic carbocycles. The van der Waals surface area contributed by atoms with E-state index in [2.05, 4.69) is 4.98 Å². The van der Waals surface area contributed by atoms with E-state index >= 15 is 0 Å². The minimum Gasteiger partial charge on any atom is -0.481 e. The van der Waals surface area contributed by atoms with Crippen LogP contribution in [-0.4, -0.2) is 27.0 Å². The van der Waals surface area contributed by atoms with Gasteiger partial charge >= 0.3 is 5.97 Å². The van der Waals surface area contributed by atoms with Crippen LogP contribution in [0.15, 0.2) is 35.1 Å². The van der Waals surface area contributed by atoms with Gasteiger partial charge in [0.25, 0.3) is 5.56 Å². The summed E-state index contributed by atoms with van der Waals surface area (Å²) in [6.07, 6.45) is 0.560. The molecule has 3 aromatic rings. The minimum absolute atomic E-state index is 0.122. The highest BCUT2D eigenvalue weighted by Crippen LogP contribution is 2.49. The maximum Gasteiger partial charge on any atom is 0.307 e. The van der Waals surface area contributed by atoms with Crippen LogP contribution in [0.1, 0.15) is 35.5 Å². The first-order chi connectivity index (χ1) is 13.4. The highest BCUT2D eigenvalue weighted by atomic mass is 32.1. The molecular weight excluding hydrogens is 381 g/mol. The van der Waals surface area contributed by atoms with Crippen LogP contribution in [0.25, 0.3) is 4.96 Å². The molecule has 28 heavy (non-hydrogen) atoms. The molecule has 0 amide bonds. The summed E-state index contributed by atoms with van der Waals surface area (Å²) in [6, 6.07) is 7.74. The van der Waals surface area contributed by atoms with Crippen LogP contribution in [0.5, 0.6) is 0 Å². The van der Waals surface area contributed by atoms with Gasteiger partial charge in [-0.05, 0) is 44.5 Å². The summed E-state index contributed by atoms with van der Waals surface area (Å²) in [7, 11) is 0. The number of thiazole rings is 1. The van der Waals surface area contributed by atoms with Crippen molar-refractivity contribution in [3.8, 4) is 0 Å². The normalized spacial score (nSPS) is 18.4. The molecule has 2 atom stereocenters. The summed E-state index contributed by atoms with van der Waals surface area (Å²) in [5, 5.41) is 9.22. The van der Waals surface area contributed by atoms with Gasteiger partial charge < -0.3 is 10.0 Å². The third-order valence-corrected chi connectivity index (χ3v) is 6.14. The van der Waals surface area contributed by atoms with Gasteiger partial charge in [-0.15, -0.1) is 11.3 Å². The van der Waals surface area contributed by atoms with E-state index in [1.54, 1.807) is 16.5 Å². The zero-order valence-electron chi connectivity index (χ0n) is 15.6. The largest absolute Gasteiger partial charge is 0.481 e. The molecule has 1 N–H and O–H groups in total. The van der Waals surface area contributed by atoms with Crippen LogP contribution in [0.4, 0.5) is 10.1 Å². The van der Waals surface area contributed by atoms with Gasteiger partial charge in [-0.25, -0.2) is 9.37 Å². The minimum atomic E-state index is -0.820. The number of halogens is 1. The number of aliphatic carboxylic acids is 1. The van der Waals surface area contributed by atoms with Gasteiger partial charge in [-0.1, -0.05) is 0 Å². The fourth-order valence-electron chi connectivity index (χ4n) is 3.65. The monoisotopic (exact) mass is 401 g/mol. The first-order valence-electron chi connectivity index (χ1n) is 9.14. The van der Waals surface area contributed by atoms with Crippen LogP contribution in [0.2, 0.25) is 0 Å². The molecule has 6 nitrogen and oxygen atoms in total. The third kappa shape index (κ3) is 3.28. The smallest absolute Gasteiger partial charge is 0.307 e. The van der Waals surface area contributed by atoms with Crippen molar-refractivity contribution in [2.75, 3.05) is 11.4 Å². The Morgan fingerprint density at radius 2 is 2.11 bits per heavy atom. The number of benzene rings is 1. The Morgan fingerprint density at radius 1 is 1.39 bits per heavy atom. The van der Waals surface area contributed by atoms with Crippen molar-refractivity contribution in [3.05, 3.63) is 62.8 Å². The Kier molecular flexibility index (Phi) is 4.66. The second-order valence-corrected chi connectivity index (χ2v) is 8.21. The number of hydrogen-bond donors (Lipinski definition) is 1. The number of aromatic nitrogens is 2. The molecule has 0 bridgehead atoms. The lowest BCUT2D eigenvalue weighted by atomic mass is 10.2. The summed E-state index contributed by atoms with van der Waals surface area (Å²) < 4.78 is 14.7. The summed E-state index contributed by atoms with van der Waals surface area (Å²) in [4.78, 5) is 32.2. The van der Waals surface area contributed by atoms with Crippen molar-refractivity contribution in [3.63, 3.8) is 0 Å². The van der Waals surface area contributed by atoms with Crippen molar-refractivity contribution in [2.45, 2.75) is 32.7 Å². The van der Waals surface area contributed by atoms with Crippen LogP contribution in [-0.2, 0) is 11.3 Å². The number of carbonyl (C=O) groups is 1. The molecule has 2 aromatic heterocycles. The Morgan fingerprint density at radius 3 is 2.71 bits per heavy atom. The fourth-order valence-corrected chi connectivity index (χ4v) is 4.72. The number of aryl methyl sites for hydroxylation is 1. The van der Waals surface area contributed by atoms with Gasteiger partial charge in [-0.3, -0.25) is 14.0 Å². The second-order valence-electron chi connectivity index (χ2n) is 7.02. The summed E-state index contributed by atoms with van der Waals surface area (Å²) >= 11 is 1.41. The van der Waals surface area contributed by atoms with Crippen molar-refractivity contribution in [1.29, 1.82) is 0 Å². The first kappa shape index (κ1) is 18.6. The number of carboxylic acids is 1. The number of anilines is 1. The van der Waals surface area contributed by atoms with Crippen LogP contribution in [0, 0.1) is 18.7 Å². The van der Waals surface area contributed by atoms with Gasteiger partial charge in [0.15, 0.2) is 4.96 Å². The van der Waals surface area contributed by atoms with Gasteiger partial charge in [0.2, 0.25) is 0 Å². The Labute approximate surface area is 164 Å². The highest BCUT2D eigenvalue weighted by Gasteiger charge is 2.47. The lowest BCUT2D eigenvalue weighted by molar-refractivity contribution is -0.138. The van der Waals surface area contributed by atoms with Crippen molar-refractivity contribution in [1.82, 2.24) is 9.38 Å². The van der Waals surface area contributed by atoms with E-state index < -0.39 is 11.9 Å². The van der Waals surface area contributed by atoms with E-state index in [9.17, 15) is 19.1 Å². The van der Waals surface area contributed by atoms with Crippen molar-refractivity contribution < 1.29 is 14.3 Å². The predicted molar refractivity (Wildman–Crippen MR) is 106 cm³/mol. The summed E-state index contributed by atoms with van der Waals surface area (Å²) in [6.45, 7) is 5.01. The maximum absolute atomic E-state index is 13.2. The average molecular weight is 401 g/mol. The second kappa shape index (κ2) is 7.01. The fraction of sp³-hybridized carbons (Fsp3) is 0.350. The molecule has 4 rings (SSSR count). The van der Waals surface area contributed by atoms with Crippen LogP contribution in [0.3, 0.4) is 0 Å². The van der Waals surface area contributed by atoms with Crippen molar-refractivity contribution in [2.24, 2.45) is 5.92 Å². The molecule has 1 aliphatic rings. The molecule has 1 saturated carbocycles. The van der Waals surface area contributed by atoms with E-state index in [4.69, 9.17) is 0 Å². The lowest BCUT2D eigenvalue weighted by Gasteiger charge is -2.22. The molecule has 8 heteroatoms. The molecule has 2 unspecified atom stereocenters. The number of fused-ring (bicyclic) bond motifs is 1. The molecule has 146 valence electrons. The van der Waals surface area contributed by atoms with Gasteiger partial charge in [0, 0.05) is 34.8 Å². The molecular formula is C20H20FN3O3S. The lowest BCUT2D eigenvalue weighted by Crippen LogP contribution is -2.25. The van der Waals surface area contributed by atoms with E-state index in [1.807, 2.05) is 18.7 Å². The van der Waals surface area contributed by atoms with E-state index in [0.717, 1.165) is 16.3 Å². The summed E-state index contributed by atoms with van der Waals surface area (Å²) in [5.74, 6) is -1.65. The average Bonchev–Trinajstić information content (AvgIpc) is 3.37. The SMILES string of the molecule is CCN(Cc1cc(=O)n2c(C3CC3C(=O)O)c(C)sc2n1)c1ccc(F)cc1. The number of nitrogens with zero attached hydrogens (tertiary/aromatic N) is 3. The van der Waals surface area contributed by atoms with Crippen LogP contribution < -0.4 is 10.5 Å². The standard InChI is InChI=1S/C20H20FN3O3S/c1-3-23(14-6-4-12(21)5-7-14)10-13-8-17(25)24-18(11(2)28-20(24)22-13)15-9-16(15)19(26)27/h4-8,15-16H,3,9-10H2,1-2H3,(H,26,27). The van der Waals surface area contributed by atoms with E-state index in [1.165, 1.54) is 29.5 Å². The Balaban J connectivity index is 1.67. The molecule has 0 spiro atoms. The zero-order valence-corrected chi connectivity index (χ0v) is 16.4. The van der Waals surface area contributed by atoms with Crippen molar-refractivity contribution >= 4 is 28.0 Å². The van der Waals surface area contributed by atoms with Crippen LogP contribution >= 0.6 is 11.3 Å². The number of hydrogen-bond acceptors (Lipinski definition) is 5. The van der Waals surface area contributed by atoms with Gasteiger partial charge in [0.05, 0.1) is 18.2 Å². The first-order valence-corrected chi connectivity index (χ1v) is 9.96. The zero-order chi connectivity index (χ0) is 20.0. The highest BCUT2D eigenvalue weighted by molar-refractivity contribution is 7.17. The molecule has 0 radical (unpaired) electrons. The maximum atomic E-state index is 13.2. The quantitative estimate of drug-likeness (QED) is 0.685. The number of rotatable bonds is 6. The molecule has 2 heterocycles. The predicted octanol–water partition coefficient (Wildman–Crippen LogP) is 3.42.